The van der Waals surface area contributed by atoms with Crippen LogP contribution in [0.15, 0.2) is 17.1 Å². The second-order valence-electron chi connectivity index (χ2n) is 9.08. The maximum atomic E-state index is 12.7. The fraction of sp³-hybridized carbons (Fsp3) is 0.750. The predicted octanol–water partition coefficient (Wildman–Crippen LogP) is 1.16. The van der Waals surface area contributed by atoms with Crippen LogP contribution in [0.5, 0.6) is 0 Å². The topological polar surface area (TPSA) is 77.0 Å². The largest absolute Gasteiger partial charge is 0.356 e. The summed E-state index contributed by atoms with van der Waals surface area (Å²) in [5, 5.41) is 6.57. The first kappa shape index (κ1) is 23.1. The lowest BCUT2D eigenvalue weighted by atomic mass is 9.85. The first-order valence-electron chi connectivity index (χ1n) is 9.86. The molecular weight excluding hydrogens is 469 g/mol. The Bertz CT molecular complexity index is 631. The highest BCUT2D eigenvalue weighted by Crippen LogP contribution is 2.52. The van der Waals surface area contributed by atoms with Crippen molar-refractivity contribution in [2.75, 3.05) is 47.3 Å². The van der Waals surface area contributed by atoms with E-state index in [2.05, 4.69) is 60.6 Å². The van der Waals surface area contributed by atoms with Gasteiger partial charge >= 0.3 is 0 Å². The van der Waals surface area contributed by atoms with Crippen molar-refractivity contribution in [2.24, 2.45) is 34.1 Å². The number of hydrogen-bond donors (Lipinski definition) is 2. The van der Waals surface area contributed by atoms with E-state index in [1.165, 1.54) is 4.90 Å². The van der Waals surface area contributed by atoms with Gasteiger partial charge in [-0.2, -0.15) is 0 Å². The molecule has 2 amide bonds. The Morgan fingerprint density at radius 2 is 1.75 bits per heavy atom. The number of hydrogen-bond acceptors (Lipinski definition) is 4. The predicted molar refractivity (Wildman–Crippen MR) is 122 cm³/mol. The highest BCUT2D eigenvalue weighted by atomic mass is 127. The van der Waals surface area contributed by atoms with Crippen LogP contribution in [0.2, 0.25) is 0 Å². The number of likely N-dealkylation sites (tertiary alicyclic amines) is 1. The van der Waals surface area contributed by atoms with Gasteiger partial charge in [0.15, 0.2) is 5.96 Å². The molecule has 158 valence electrons. The lowest BCUT2D eigenvalue weighted by Crippen LogP contribution is -2.47. The van der Waals surface area contributed by atoms with Crippen molar-refractivity contribution in [2.45, 2.75) is 20.3 Å². The minimum Gasteiger partial charge on any atom is -0.356 e. The van der Waals surface area contributed by atoms with Gasteiger partial charge in [0, 0.05) is 33.2 Å². The van der Waals surface area contributed by atoms with Gasteiger partial charge in [-0.25, -0.2) is 0 Å². The average molecular weight is 503 g/mol. The molecule has 0 aromatic heterocycles. The highest BCUT2D eigenvalue weighted by molar-refractivity contribution is 14.0. The van der Waals surface area contributed by atoms with Gasteiger partial charge in [0.2, 0.25) is 11.8 Å². The monoisotopic (exact) mass is 503 g/mol. The van der Waals surface area contributed by atoms with Crippen LogP contribution in [0.3, 0.4) is 0 Å². The molecule has 0 spiro atoms. The molecule has 7 nitrogen and oxygen atoms in total. The standard InChI is InChI=1S/C20H33N5O2.HI/c1-20(2,12-24(4)5)11-23-19(21-3)22-8-9-25-17(26)15-13-6-7-14(10-13)16(15)18(25)27;/h6-7,13-16H,8-12H2,1-5H3,(H2,21,22,23);1H. The number of guanidine groups is 1. The number of allylic oxidation sites excluding steroid dienone is 2. The van der Waals surface area contributed by atoms with Crippen molar-refractivity contribution in [1.29, 1.82) is 0 Å². The summed E-state index contributed by atoms with van der Waals surface area (Å²) in [5.74, 6) is 1.03. The van der Waals surface area contributed by atoms with Crippen molar-refractivity contribution in [1.82, 2.24) is 20.4 Å². The molecule has 1 heterocycles. The van der Waals surface area contributed by atoms with Gasteiger partial charge in [-0.15, -0.1) is 24.0 Å². The number of carbonyl (C=O) groups excluding carboxylic acids is 2. The Balaban J connectivity index is 0.00000280. The van der Waals surface area contributed by atoms with Crippen molar-refractivity contribution in [3.8, 4) is 0 Å². The van der Waals surface area contributed by atoms with Gasteiger partial charge in [-0.05, 0) is 37.8 Å². The van der Waals surface area contributed by atoms with E-state index in [4.69, 9.17) is 0 Å². The third-order valence-electron chi connectivity index (χ3n) is 5.89. The maximum absolute atomic E-state index is 12.7. The Labute approximate surface area is 185 Å². The van der Waals surface area contributed by atoms with Crippen LogP contribution < -0.4 is 10.6 Å². The van der Waals surface area contributed by atoms with Crippen LogP contribution in [0.4, 0.5) is 0 Å². The molecule has 2 aliphatic carbocycles. The van der Waals surface area contributed by atoms with Crippen molar-refractivity contribution < 1.29 is 9.59 Å². The zero-order valence-electron chi connectivity index (χ0n) is 17.6. The molecule has 28 heavy (non-hydrogen) atoms. The van der Waals surface area contributed by atoms with Gasteiger partial charge in [0.05, 0.1) is 11.8 Å². The SMILES string of the molecule is CN=C(NCCN1C(=O)C2C3C=CC(C3)C2C1=O)NCC(C)(C)CN(C)C.I. The van der Waals surface area contributed by atoms with Crippen LogP contribution in [0.1, 0.15) is 20.3 Å². The Morgan fingerprint density at radius 1 is 1.18 bits per heavy atom. The Morgan fingerprint density at radius 3 is 2.25 bits per heavy atom. The smallest absolute Gasteiger partial charge is 0.233 e. The van der Waals surface area contributed by atoms with Gasteiger partial charge in [0.25, 0.3) is 0 Å². The van der Waals surface area contributed by atoms with Crippen molar-refractivity contribution in [3.63, 3.8) is 0 Å². The van der Waals surface area contributed by atoms with E-state index in [0.29, 0.717) is 19.0 Å². The van der Waals surface area contributed by atoms with Gasteiger partial charge in [0.1, 0.15) is 0 Å². The molecule has 2 bridgehead atoms. The average Bonchev–Trinajstić information content (AvgIpc) is 3.25. The van der Waals surface area contributed by atoms with Crippen LogP contribution in [-0.4, -0.2) is 74.9 Å². The first-order chi connectivity index (χ1) is 12.7. The molecule has 0 aromatic carbocycles. The van der Waals surface area contributed by atoms with Crippen LogP contribution >= 0.6 is 24.0 Å². The van der Waals surface area contributed by atoms with Crippen LogP contribution in [0.25, 0.3) is 0 Å². The Kier molecular flexibility index (Phi) is 7.52. The molecule has 3 aliphatic rings. The van der Waals surface area contributed by atoms with Crippen LogP contribution in [0, 0.1) is 29.1 Å². The number of carbonyl (C=O) groups is 2. The minimum atomic E-state index is -0.114. The summed E-state index contributed by atoms with van der Waals surface area (Å²) in [5.41, 5.74) is 0.103. The molecule has 4 atom stereocenters. The molecule has 2 N–H and O–H groups in total. The number of fused-ring (bicyclic) bond motifs is 5. The number of imide groups is 1. The number of nitrogens with zero attached hydrogens (tertiary/aromatic N) is 3. The van der Waals surface area contributed by atoms with E-state index in [9.17, 15) is 9.59 Å². The molecule has 1 aliphatic heterocycles. The number of amides is 2. The van der Waals surface area contributed by atoms with E-state index in [1.807, 2.05) is 0 Å². The third kappa shape index (κ3) is 4.69. The van der Waals surface area contributed by atoms with Crippen molar-refractivity contribution >= 4 is 41.8 Å². The van der Waals surface area contributed by atoms with E-state index in [1.54, 1.807) is 7.05 Å². The lowest BCUT2D eigenvalue weighted by Gasteiger charge is -2.29. The zero-order chi connectivity index (χ0) is 19.8. The summed E-state index contributed by atoms with van der Waals surface area (Å²) in [6.45, 7) is 7.06. The third-order valence-corrected chi connectivity index (χ3v) is 5.89. The van der Waals surface area contributed by atoms with E-state index < -0.39 is 0 Å². The second-order valence-corrected chi connectivity index (χ2v) is 9.08. The normalized spacial score (nSPS) is 28.8. The molecule has 2 fully saturated rings. The quantitative estimate of drug-likeness (QED) is 0.179. The summed E-state index contributed by atoms with van der Waals surface area (Å²) in [7, 11) is 5.86. The molecule has 8 heteroatoms. The molecule has 3 rings (SSSR count). The fourth-order valence-electron chi connectivity index (χ4n) is 4.93. The summed E-state index contributed by atoms with van der Waals surface area (Å²) < 4.78 is 0. The molecule has 1 saturated carbocycles. The van der Waals surface area contributed by atoms with E-state index in [0.717, 1.165) is 19.5 Å². The molecule has 0 radical (unpaired) electrons. The molecule has 0 aromatic rings. The van der Waals surface area contributed by atoms with Gasteiger partial charge < -0.3 is 15.5 Å². The minimum absolute atomic E-state index is 0. The number of halogens is 1. The first-order valence-corrected chi connectivity index (χ1v) is 9.86. The summed E-state index contributed by atoms with van der Waals surface area (Å²) in [6, 6.07) is 0. The summed E-state index contributed by atoms with van der Waals surface area (Å²) >= 11 is 0. The Hall–Kier alpha value is -1.16. The molecule has 4 unspecified atom stereocenters. The van der Waals surface area contributed by atoms with E-state index in [-0.39, 0.29) is 64.9 Å². The number of rotatable bonds is 7. The lowest BCUT2D eigenvalue weighted by molar-refractivity contribution is -0.140. The highest BCUT2D eigenvalue weighted by Gasteiger charge is 2.58. The van der Waals surface area contributed by atoms with E-state index >= 15 is 0 Å². The van der Waals surface area contributed by atoms with Gasteiger partial charge in [-0.1, -0.05) is 26.0 Å². The number of nitrogens with one attached hydrogen (secondary N) is 2. The maximum Gasteiger partial charge on any atom is 0.233 e. The fourth-order valence-corrected chi connectivity index (χ4v) is 4.93. The molecular formula is C20H34IN5O2. The van der Waals surface area contributed by atoms with Crippen LogP contribution in [-0.2, 0) is 9.59 Å². The number of aliphatic imine (C=N–C) groups is 1. The van der Waals surface area contributed by atoms with Crippen molar-refractivity contribution in [3.05, 3.63) is 12.2 Å². The summed E-state index contributed by atoms with van der Waals surface area (Å²) in [6.07, 6.45) is 5.22. The summed E-state index contributed by atoms with van der Waals surface area (Å²) in [4.78, 5) is 33.2. The second kappa shape index (κ2) is 9.11. The van der Waals surface area contributed by atoms with Gasteiger partial charge in [-0.3, -0.25) is 19.5 Å². The zero-order valence-corrected chi connectivity index (χ0v) is 19.9. The molecule has 1 saturated heterocycles.